The van der Waals surface area contributed by atoms with Gasteiger partial charge in [0.05, 0.1) is 0 Å². The van der Waals surface area contributed by atoms with E-state index in [9.17, 15) is 4.79 Å². The van der Waals surface area contributed by atoms with Crippen molar-refractivity contribution in [3.8, 4) is 0 Å². The summed E-state index contributed by atoms with van der Waals surface area (Å²) < 4.78 is 0. The summed E-state index contributed by atoms with van der Waals surface area (Å²) in [6.45, 7) is 8.45. The largest absolute Gasteiger partial charge is 0.341 e. The first-order valence-corrected chi connectivity index (χ1v) is 5.44. The molecule has 0 fully saturated rings. The molecule has 16 heavy (non-hydrogen) atoms. The van der Waals surface area contributed by atoms with Crippen molar-refractivity contribution < 1.29 is 4.79 Å². The highest BCUT2D eigenvalue weighted by Gasteiger charge is 2.15. The minimum atomic E-state index is -0.186. The smallest absolute Gasteiger partial charge is 0.318 e. The fourth-order valence-corrected chi connectivity index (χ4v) is 1.41. The summed E-state index contributed by atoms with van der Waals surface area (Å²) in [5, 5.41) is 5.37. The maximum Gasteiger partial charge on any atom is 0.318 e. The van der Waals surface area contributed by atoms with Gasteiger partial charge in [0.15, 0.2) is 0 Å². The number of anilines is 1. The lowest BCUT2D eigenvalue weighted by Crippen LogP contribution is -2.25. The van der Waals surface area contributed by atoms with E-state index in [2.05, 4.69) is 37.5 Å². The molecule has 0 saturated heterocycles. The second kappa shape index (κ2) is 4.56. The molecule has 0 aromatic heterocycles. The SMILES string of the molecule is CNC(=O)Nc1cc(C(C)(C)C)ccc1C. The van der Waals surface area contributed by atoms with Crippen molar-refractivity contribution in [2.45, 2.75) is 33.1 Å². The highest BCUT2D eigenvalue weighted by atomic mass is 16.2. The van der Waals surface area contributed by atoms with Crippen molar-refractivity contribution in [2.75, 3.05) is 12.4 Å². The van der Waals surface area contributed by atoms with Crippen LogP contribution in [0.15, 0.2) is 18.2 Å². The van der Waals surface area contributed by atoms with Gasteiger partial charge in [-0.15, -0.1) is 0 Å². The molecule has 0 unspecified atom stereocenters. The molecular weight excluding hydrogens is 200 g/mol. The average molecular weight is 220 g/mol. The number of urea groups is 1. The fraction of sp³-hybridized carbons (Fsp3) is 0.462. The van der Waals surface area contributed by atoms with Gasteiger partial charge < -0.3 is 10.6 Å². The van der Waals surface area contributed by atoms with Crippen LogP contribution in [0, 0.1) is 6.92 Å². The second-order valence-corrected chi connectivity index (χ2v) is 4.98. The molecule has 1 rings (SSSR count). The first-order chi connectivity index (χ1) is 7.34. The standard InChI is InChI=1S/C13H20N2O/c1-9-6-7-10(13(2,3)4)8-11(9)15-12(16)14-5/h6-8H,1-5H3,(H2,14,15,16). The molecule has 1 aromatic carbocycles. The van der Waals surface area contributed by atoms with E-state index in [-0.39, 0.29) is 11.4 Å². The summed E-state index contributed by atoms with van der Waals surface area (Å²) in [5.41, 5.74) is 3.24. The number of amides is 2. The van der Waals surface area contributed by atoms with Crippen molar-refractivity contribution in [1.29, 1.82) is 0 Å². The molecule has 0 aliphatic carbocycles. The third-order valence-corrected chi connectivity index (χ3v) is 2.58. The number of nitrogens with one attached hydrogen (secondary N) is 2. The Kier molecular flexibility index (Phi) is 3.58. The van der Waals surface area contributed by atoms with E-state index < -0.39 is 0 Å². The predicted molar refractivity (Wildman–Crippen MR) is 68.0 cm³/mol. The minimum absolute atomic E-state index is 0.0901. The van der Waals surface area contributed by atoms with Crippen LogP contribution in [0.25, 0.3) is 0 Å². The van der Waals surface area contributed by atoms with Crippen LogP contribution >= 0.6 is 0 Å². The first kappa shape index (κ1) is 12.6. The van der Waals surface area contributed by atoms with E-state index >= 15 is 0 Å². The monoisotopic (exact) mass is 220 g/mol. The summed E-state index contributed by atoms with van der Waals surface area (Å²) in [6, 6.07) is 5.98. The molecule has 0 aliphatic rings. The molecule has 0 bridgehead atoms. The Hall–Kier alpha value is -1.51. The molecule has 2 N–H and O–H groups in total. The number of aryl methyl sites for hydroxylation is 1. The van der Waals surface area contributed by atoms with Gasteiger partial charge in [-0.05, 0) is 29.5 Å². The van der Waals surface area contributed by atoms with Crippen LogP contribution in [0.5, 0.6) is 0 Å². The predicted octanol–water partition coefficient (Wildman–Crippen LogP) is 3.04. The fourth-order valence-electron chi connectivity index (χ4n) is 1.41. The van der Waals surface area contributed by atoms with Crippen LogP contribution in [0.2, 0.25) is 0 Å². The Balaban J connectivity index is 3.04. The van der Waals surface area contributed by atoms with Crippen LogP contribution in [0.3, 0.4) is 0 Å². The van der Waals surface area contributed by atoms with Crippen LogP contribution in [0.4, 0.5) is 10.5 Å². The molecular formula is C13H20N2O. The van der Waals surface area contributed by atoms with Gasteiger partial charge in [-0.25, -0.2) is 4.79 Å². The Morgan fingerprint density at radius 3 is 2.38 bits per heavy atom. The quantitative estimate of drug-likeness (QED) is 0.750. The zero-order valence-electron chi connectivity index (χ0n) is 10.6. The van der Waals surface area contributed by atoms with Gasteiger partial charge in [0.2, 0.25) is 0 Å². The summed E-state index contributed by atoms with van der Waals surface area (Å²) in [4.78, 5) is 11.3. The van der Waals surface area contributed by atoms with Crippen LogP contribution in [0.1, 0.15) is 31.9 Å². The number of hydrogen-bond acceptors (Lipinski definition) is 1. The van der Waals surface area contributed by atoms with E-state index in [1.54, 1.807) is 7.05 Å². The topological polar surface area (TPSA) is 41.1 Å². The van der Waals surface area contributed by atoms with E-state index in [1.807, 2.05) is 19.1 Å². The molecule has 88 valence electrons. The summed E-state index contributed by atoms with van der Waals surface area (Å²) in [5.74, 6) is 0. The number of rotatable bonds is 1. The Labute approximate surface area is 97.2 Å². The van der Waals surface area contributed by atoms with Crippen LogP contribution < -0.4 is 10.6 Å². The van der Waals surface area contributed by atoms with Gasteiger partial charge in [-0.3, -0.25) is 0 Å². The van der Waals surface area contributed by atoms with E-state index in [1.165, 1.54) is 5.56 Å². The minimum Gasteiger partial charge on any atom is -0.341 e. The summed E-state index contributed by atoms with van der Waals surface area (Å²) in [7, 11) is 1.61. The first-order valence-electron chi connectivity index (χ1n) is 5.44. The third kappa shape index (κ3) is 2.99. The van der Waals surface area contributed by atoms with Gasteiger partial charge in [-0.2, -0.15) is 0 Å². The number of hydrogen-bond donors (Lipinski definition) is 2. The molecule has 3 heteroatoms. The van der Waals surface area contributed by atoms with Gasteiger partial charge in [0.25, 0.3) is 0 Å². The maximum absolute atomic E-state index is 11.3. The highest BCUT2D eigenvalue weighted by Crippen LogP contribution is 2.26. The van der Waals surface area contributed by atoms with Crippen LogP contribution in [-0.2, 0) is 5.41 Å². The number of benzene rings is 1. The molecule has 2 amide bonds. The van der Waals surface area contributed by atoms with Crippen molar-refractivity contribution in [3.05, 3.63) is 29.3 Å². The van der Waals surface area contributed by atoms with Crippen LogP contribution in [-0.4, -0.2) is 13.1 Å². The normalized spacial score (nSPS) is 11.1. The summed E-state index contributed by atoms with van der Waals surface area (Å²) in [6.07, 6.45) is 0. The zero-order chi connectivity index (χ0) is 12.3. The Morgan fingerprint density at radius 2 is 1.88 bits per heavy atom. The Morgan fingerprint density at radius 1 is 1.25 bits per heavy atom. The number of carbonyl (C=O) groups excluding carboxylic acids is 1. The van der Waals surface area contributed by atoms with Crippen molar-refractivity contribution in [2.24, 2.45) is 0 Å². The molecule has 0 spiro atoms. The average Bonchev–Trinajstić information content (AvgIpc) is 2.19. The van der Waals surface area contributed by atoms with E-state index in [0.717, 1.165) is 11.3 Å². The molecule has 0 atom stereocenters. The molecule has 3 nitrogen and oxygen atoms in total. The lowest BCUT2D eigenvalue weighted by atomic mass is 9.86. The molecule has 0 saturated carbocycles. The van der Waals surface area contributed by atoms with E-state index in [4.69, 9.17) is 0 Å². The third-order valence-electron chi connectivity index (χ3n) is 2.58. The molecule has 1 aromatic rings. The van der Waals surface area contributed by atoms with Crippen molar-refractivity contribution in [1.82, 2.24) is 5.32 Å². The van der Waals surface area contributed by atoms with Gasteiger partial charge in [0.1, 0.15) is 0 Å². The lowest BCUT2D eigenvalue weighted by molar-refractivity contribution is 0.254. The molecule has 0 heterocycles. The zero-order valence-corrected chi connectivity index (χ0v) is 10.6. The summed E-state index contributed by atoms with van der Waals surface area (Å²) >= 11 is 0. The Bertz CT molecular complexity index is 391. The molecule has 0 aliphatic heterocycles. The van der Waals surface area contributed by atoms with Crippen molar-refractivity contribution in [3.63, 3.8) is 0 Å². The maximum atomic E-state index is 11.3. The van der Waals surface area contributed by atoms with Gasteiger partial charge in [0, 0.05) is 12.7 Å². The number of carbonyl (C=O) groups is 1. The van der Waals surface area contributed by atoms with E-state index in [0.29, 0.717) is 0 Å². The highest BCUT2D eigenvalue weighted by molar-refractivity contribution is 5.89. The van der Waals surface area contributed by atoms with Crippen molar-refractivity contribution >= 4 is 11.7 Å². The van der Waals surface area contributed by atoms with Gasteiger partial charge in [-0.1, -0.05) is 32.9 Å². The molecule has 0 radical (unpaired) electrons. The second-order valence-electron chi connectivity index (χ2n) is 4.98. The van der Waals surface area contributed by atoms with Gasteiger partial charge >= 0.3 is 6.03 Å². The lowest BCUT2D eigenvalue weighted by Gasteiger charge is -2.21.